The number of fused-ring (bicyclic) bond motifs is 1. The van der Waals surface area contributed by atoms with Crippen molar-refractivity contribution >= 4 is 11.8 Å². The third kappa shape index (κ3) is 5.63. The number of piperidine rings is 1. The van der Waals surface area contributed by atoms with Crippen LogP contribution in [0.15, 0.2) is 48.5 Å². The lowest BCUT2D eigenvalue weighted by atomic mass is 9.73. The van der Waals surface area contributed by atoms with Gasteiger partial charge in [-0.15, -0.1) is 0 Å². The Morgan fingerprint density at radius 3 is 2.44 bits per heavy atom. The summed E-state index contributed by atoms with van der Waals surface area (Å²) >= 11 is 0. The number of para-hydroxylation sites is 1. The van der Waals surface area contributed by atoms with Crippen molar-refractivity contribution in [2.24, 2.45) is 5.41 Å². The van der Waals surface area contributed by atoms with Gasteiger partial charge < -0.3 is 14.5 Å². The second-order valence-corrected chi connectivity index (χ2v) is 9.87. The van der Waals surface area contributed by atoms with Gasteiger partial charge in [0, 0.05) is 19.6 Å². The highest BCUT2D eigenvalue weighted by Gasteiger charge is 2.43. The largest absolute Gasteiger partial charge is 0.491 e. The van der Waals surface area contributed by atoms with Gasteiger partial charge in [0.05, 0.1) is 18.4 Å². The number of amides is 2. The Balaban J connectivity index is 1.43. The van der Waals surface area contributed by atoms with E-state index in [1.807, 2.05) is 41.0 Å². The maximum atomic E-state index is 13.8. The molecule has 2 aromatic carbocycles. The van der Waals surface area contributed by atoms with Crippen LogP contribution in [0.5, 0.6) is 5.75 Å². The molecular weight excluding hydrogens is 424 g/mol. The standard InChI is InChI=1S/C29H38N2O3/c1-3-30-20-21-34-26-10-5-4-8-25(26)9-6-7-15-29(28(30)33)16-18-31(19-17-29)27(32)22-24-13-11-23(2)12-14-24/h4-5,8,10-14H,3,6-7,9,15-22H2,1-2H3. The number of benzene rings is 2. The Kier molecular flexibility index (Phi) is 7.91. The van der Waals surface area contributed by atoms with Crippen molar-refractivity contribution in [3.05, 3.63) is 65.2 Å². The zero-order valence-corrected chi connectivity index (χ0v) is 20.7. The van der Waals surface area contributed by atoms with E-state index < -0.39 is 0 Å². The van der Waals surface area contributed by atoms with Crippen LogP contribution < -0.4 is 4.74 Å². The molecule has 2 heterocycles. The van der Waals surface area contributed by atoms with Crippen molar-refractivity contribution in [2.75, 3.05) is 32.8 Å². The summed E-state index contributed by atoms with van der Waals surface area (Å²) in [6.45, 7) is 7.21. The zero-order chi connectivity index (χ0) is 24.0. The number of carbonyl (C=O) groups excluding carboxylic acids is 2. The number of hydrogen-bond acceptors (Lipinski definition) is 3. The fourth-order valence-electron chi connectivity index (χ4n) is 5.38. The zero-order valence-electron chi connectivity index (χ0n) is 20.7. The van der Waals surface area contributed by atoms with Gasteiger partial charge in [-0.25, -0.2) is 0 Å². The first-order valence-corrected chi connectivity index (χ1v) is 12.8. The Morgan fingerprint density at radius 1 is 0.971 bits per heavy atom. The third-order valence-electron chi connectivity index (χ3n) is 7.61. The SMILES string of the molecule is CCN1CCOc2ccccc2CCCCC2(CCN(C(=O)Cc3ccc(C)cc3)CC2)C1=O. The lowest BCUT2D eigenvalue weighted by Crippen LogP contribution is -2.52. The fourth-order valence-corrected chi connectivity index (χ4v) is 5.38. The van der Waals surface area contributed by atoms with Crippen molar-refractivity contribution in [3.63, 3.8) is 0 Å². The first kappa shape index (κ1) is 24.3. The average molecular weight is 463 g/mol. The van der Waals surface area contributed by atoms with Crippen LogP contribution in [-0.4, -0.2) is 54.4 Å². The molecule has 34 heavy (non-hydrogen) atoms. The molecule has 182 valence electrons. The predicted octanol–water partition coefficient (Wildman–Crippen LogP) is 4.80. The Morgan fingerprint density at radius 2 is 1.71 bits per heavy atom. The number of hydrogen-bond donors (Lipinski definition) is 0. The van der Waals surface area contributed by atoms with Gasteiger partial charge in [-0.3, -0.25) is 9.59 Å². The number of ether oxygens (including phenoxy) is 1. The third-order valence-corrected chi connectivity index (χ3v) is 7.61. The Hall–Kier alpha value is -2.82. The number of likely N-dealkylation sites (tertiary alicyclic amines) is 1. The highest BCUT2D eigenvalue weighted by Crippen LogP contribution is 2.39. The lowest BCUT2D eigenvalue weighted by molar-refractivity contribution is -0.149. The molecule has 0 atom stereocenters. The van der Waals surface area contributed by atoms with Crippen LogP contribution in [0.4, 0.5) is 0 Å². The van der Waals surface area contributed by atoms with Crippen LogP contribution in [0.3, 0.4) is 0 Å². The van der Waals surface area contributed by atoms with Gasteiger partial charge in [0.25, 0.3) is 0 Å². The summed E-state index contributed by atoms with van der Waals surface area (Å²) in [5.74, 6) is 1.36. The minimum atomic E-state index is -0.366. The summed E-state index contributed by atoms with van der Waals surface area (Å²) in [6, 6.07) is 16.4. The molecular formula is C29H38N2O3. The second-order valence-electron chi connectivity index (χ2n) is 9.87. The van der Waals surface area contributed by atoms with Crippen LogP contribution in [-0.2, 0) is 22.4 Å². The number of nitrogens with zero attached hydrogens (tertiary/aromatic N) is 2. The molecule has 2 aliphatic heterocycles. The summed E-state index contributed by atoms with van der Waals surface area (Å²) in [7, 11) is 0. The molecule has 0 aliphatic carbocycles. The first-order valence-electron chi connectivity index (χ1n) is 12.8. The summed E-state index contributed by atoms with van der Waals surface area (Å²) in [4.78, 5) is 30.7. The minimum Gasteiger partial charge on any atom is -0.491 e. The van der Waals surface area contributed by atoms with Crippen LogP contribution in [0.2, 0.25) is 0 Å². The Labute approximate surface area is 204 Å². The predicted molar refractivity (Wildman–Crippen MR) is 135 cm³/mol. The normalized spacial score (nSPS) is 19.1. The number of aryl methyl sites for hydroxylation is 2. The molecule has 0 unspecified atom stereocenters. The van der Waals surface area contributed by atoms with Gasteiger partial charge >= 0.3 is 0 Å². The van der Waals surface area contributed by atoms with Crippen molar-refractivity contribution in [1.82, 2.24) is 9.80 Å². The Bertz CT molecular complexity index is 977. The van der Waals surface area contributed by atoms with Crippen LogP contribution in [0.25, 0.3) is 0 Å². The molecule has 4 rings (SSSR count). The van der Waals surface area contributed by atoms with E-state index in [2.05, 4.69) is 31.2 Å². The molecule has 0 bridgehead atoms. The number of rotatable bonds is 3. The topological polar surface area (TPSA) is 49.9 Å². The molecule has 1 saturated heterocycles. The molecule has 2 amide bonds. The smallest absolute Gasteiger partial charge is 0.229 e. The van der Waals surface area contributed by atoms with Crippen LogP contribution >= 0.6 is 0 Å². The molecule has 0 aromatic heterocycles. The van der Waals surface area contributed by atoms with Gasteiger partial charge in [0.2, 0.25) is 11.8 Å². The fraction of sp³-hybridized carbons (Fsp3) is 0.517. The van der Waals surface area contributed by atoms with E-state index in [-0.39, 0.29) is 17.2 Å². The van der Waals surface area contributed by atoms with Gasteiger partial charge in [0.1, 0.15) is 12.4 Å². The molecule has 5 nitrogen and oxygen atoms in total. The summed E-state index contributed by atoms with van der Waals surface area (Å²) in [5, 5.41) is 0. The van der Waals surface area contributed by atoms with Crippen LogP contribution in [0, 0.1) is 12.3 Å². The van der Waals surface area contributed by atoms with Crippen molar-refractivity contribution in [1.29, 1.82) is 0 Å². The summed E-state index contributed by atoms with van der Waals surface area (Å²) in [5.41, 5.74) is 3.14. The molecule has 2 aromatic rings. The minimum absolute atomic E-state index is 0.164. The maximum Gasteiger partial charge on any atom is 0.229 e. The van der Waals surface area contributed by atoms with Crippen molar-refractivity contribution < 1.29 is 14.3 Å². The van der Waals surface area contributed by atoms with Gasteiger partial charge in [-0.1, -0.05) is 54.4 Å². The molecule has 0 N–H and O–H groups in total. The van der Waals surface area contributed by atoms with E-state index in [1.54, 1.807) is 0 Å². The number of carbonyl (C=O) groups is 2. The molecule has 2 aliphatic rings. The number of likely N-dealkylation sites (N-methyl/N-ethyl adjacent to an activating group) is 1. The molecule has 0 saturated carbocycles. The highest BCUT2D eigenvalue weighted by atomic mass is 16.5. The van der Waals surface area contributed by atoms with E-state index in [0.29, 0.717) is 39.2 Å². The van der Waals surface area contributed by atoms with Crippen molar-refractivity contribution in [3.8, 4) is 5.75 Å². The van der Waals surface area contributed by atoms with E-state index in [1.165, 1.54) is 11.1 Å². The van der Waals surface area contributed by atoms with Gasteiger partial charge in [0.15, 0.2) is 0 Å². The van der Waals surface area contributed by atoms with E-state index in [4.69, 9.17) is 4.74 Å². The molecule has 0 radical (unpaired) electrons. The maximum absolute atomic E-state index is 13.8. The highest BCUT2D eigenvalue weighted by molar-refractivity contribution is 5.84. The van der Waals surface area contributed by atoms with Gasteiger partial charge in [-0.05, 0) is 63.1 Å². The van der Waals surface area contributed by atoms with Crippen molar-refractivity contribution in [2.45, 2.75) is 58.8 Å². The van der Waals surface area contributed by atoms with E-state index in [9.17, 15) is 9.59 Å². The van der Waals surface area contributed by atoms with Gasteiger partial charge in [-0.2, -0.15) is 0 Å². The monoisotopic (exact) mass is 462 g/mol. The van der Waals surface area contributed by atoms with E-state index >= 15 is 0 Å². The van der Waals surface area contributed by atoms with E-state index in [0.717, 1.165) is 49.8 Å². The lowest BCUT2D eigenvalue weighted by Gasteiger charge is -2.43. The molecule has 5 heteroatoms. The average Bonchev–Trinajstić information content (AvgIpc) is 2.86. The molecule has 1 fully saturated rings. The second kappa shape index (κ2) is 11.1. The first-order chi connectivity index (χ1) is 16.5. The quantitative estimate of drug-likeness (QED) is 0.658. The van der Waals surface area contributed by atoms with Crippen LogP contribution in [0.1, 0.15) is 55.7 Å². The molecule has 1 spiro atoms. The summed E-state index contributed by atoms with van der Waals surface area (Å²) in [6.07, 6.45) is 5.84. The summed E-state index contributed by atoms with van der Waals surface area (Å²) < 4.78 is 6.08.